The van der Waals surface area contributed by atoms with E-state index in [-0.39, 0.29) is 11.6 Å². The number of hydrogen-bond donors (Lipinski definition) is 1. The van der Waals surface area contributed by atoms with E-state index in [9.17, 15) is 4.79 Å². The monoisotopic (exact) mass is 479 g/mol. The van der Waals surface area contributed by atoms with Gasteiger partial charge in [0.05, 0.1) is 6.54 Å². The number of halogens is 1. The Labute approximate surface area is 197 Å². The third kappa shape index (κ3) is 7.20. The summed E-state index contributed by atoms with van der Waals surface area (Å²) in [5.41, 5.74) is 1.05. The molecule has 1 unspecified atom stereocenters. The number of carbonyl (C=O) groups excluding carboxylic acids is 2. The number of aryl methyl sites for hydroxylation is 1. The number of anilines is 1. The number of nitrogens with one attached hydrogen (secondary N) is 1. The SMILES string of the molecule is C=O.C=O.CCC.Cc1cnc(CNc2nc3ccc(Cl)nc3n(C(C)C3CC3)c2=O)s1. The molecule has 1 atom stereocenters. The van der Waals surface area contributed by atoms with Crippen molar-refractivity contribution >= 4 is 53.5 Å². The molecule has 0 aliphatic heterocycles. The van der Waals surface area contributed by atoms with Gasteiger partial charge >= 0.3 is 0 Å². The number of aromatic nitrogens is 4. The van der Waals surface area contributed by atoms with Gasteiger partial charge in [-0.05, 0) is 44.7 Å². The van der Waals surface area contributed by atoms with Crippen LogP contribution >= 0.6 is 22.9 Å². The van der Waals surface area contributed by atoms with E-state index in [0.29, 0.717) is 34.6 Å². The lowest BCUT2D eigenvalue weighted by molar-refractivity contribution is -0.0987. The van der Waals surface area contributed by atoms with Gasteiger partial charge < -0.3 is 14.9 Å². The van der Waals surface area contributed by atoms with Gasteiger partial charge in [-0.3, -0.25) is 9.36 Å². The van der Waals surface area contributed by atoms with E-state index in [0.717, 1.165) is 22.7 Å². The number of hydrogen-bond acceptors (Lipinski definition) is 8. The molecule has 0 radical (unpaired) electrons. The zero-order chi connectivity index (χ0) is 24.3. The van der Waals surface area contributed by atoms with Gasteiger partial charge in [0.15, 0.2) is 11.5 Å². The Balaban J connectivity index is 0.000000662. The van der Waals surface area contributed by atoms with Crippen molar-refractivity contribution in [3.63, 3.8) is 0 Å². The Morgan fingerprint density at radius 1 is 1.22 bits per heavy atom. The quantitative estimate of drug-likeness (QED) is 0.521. The predicted octanol–water partition coefficient (Wildman–Crippen LogP) is 4.84. The number of carbonyl (C=O) groups is 2. The molecule has 1 saturated carbocycles. The highest BCUT2D eigenvalue weighted by Gasteiger charge is 2.31. The van der Waals surface area contributed by atoms with E-state index < -0.39 is 0 Å². The van der Waals surface area contributed by atoms with E-state index in [4.69, 9.17) is 21.2 Å². The van der Waals surface area contributed by atoms with Crippen LogP contribution in [0.4, 0.5) is 5.82 Å². The summed E-state index contributed by atoms with van der Waals surface area (Å²) in [7, 11) is 0. The van der Waals surface area contributed by atoms with Crippen molar-refractivity contribution < 1.29 is 9.59 Å². The summed E-state index contributed by atoms with van der Waals surface area (Å²) in [4.78, 5) is 43.3. The highest BCUT2D eigenvalue weighted by atomic mass is 35.5. The largest absolute Gasteiger partial charge is 0.359 e. The molecule has 10 heteroatoms. The molecule has 32 heavy (non-hydrogen) atoms. The molecule has 3 aromatic rings. The third-order valence-corrected chi connectivity index (χ3v) is 5.61. The van der Waals surface area contributed by atoms with Crippen molar-refractivity contribution in [1.29, 1.82) is 0 Å². The summed E-state index contributed by atoms with van der Waals surface area (Å²) in [6.07, 6.45) is 5.35. The number of rotatable bonds is 5. The van der Waals surface area contributed by atoms with Gasteiger partial charge in [0, 0.05) is 17.1 Å². The van der Waals surface area contributed by atoms with Crippen LogP contribution in [-0.4, -0.2) is 33.1 Å². The molecule has 1 aliphatic carbocycles. The molecular weight excluding hydrogens is 450 g/mol. The number of pyridine rings is 1. The van der Waals surface area contributed by atoms with Gasteiger partial charge in [-0.25, -0.2) is 15.0 Å². The first-order valence-corrected chi connectivity index (χ1v) is 11.5. The summed E-state index contributed by atoms with van der Waals surface area (Å²) >= 11 is 7.65. The summed E-state index contributed by atoms with van der Waals surface area (Å²) in [5.74, 6) is 0.843. The van der Waals surface area contributed by atoms with Crippen molar-refractivity contribution in [1.82, 2.24) is 19.5 Å². The fourth-order valence-electron chi connectivity index (χ4n) is 2.99. The minimum atomic E-state index is -0.157. The second kappa shape index (κ2) is 13.7. The minimum Gasteiger partial charge on any atom is -0.359 e. The summed E-state index contributed by atoms with van der Waals surface area (Å²) < 4.78 is 1.74. The lowest BCUT2D eigenvalue weighted by Crippen LogP contribution is -2.29. The van der Waals surface area contributed by atoms with Crippen molar-refractivity contribution in [2.75, 3.05) is 5.32 Å². The Morgan fingerprint density at radius 2 is 1.84 bits per heavy atom. The van der Waals surface area contributed by atoms with Gasteiger partial charge in [0.25, 0.3) is 5.56 Å². The van der Waals surface area contributed by atoms with E-state index in [1.54, 1.807) is 28.0 Å². The zero-order valence-corrected chi connectivity index (χ0v) is 20.5. The molecule has 0 amide bonds. The fourth-order valence-corrected chi connectivity index (χ4v) is 3.86. The van der Waals surface area contributed by atoms with Crippen LogP contribution in [-0.2, 0) is 16.1 Å². The molecule has 0 bridgehead atoms. The number of nitrogens with zero attached hydrogens (tertiary/aromatic N) is 4. The van der Waals surface area contributed by atoms with Crippen molar-refractivity contribution in [3.05, 3.63) is 43.7 Å². The smallest absolute Gasteiger partial charge is 0.295 e. The molecule has 0 saturated heterocycles. The van der Waals surface area contributed by atoms with Crippen LogP contribution < -0.4 is 10.9 Å². The summed E-state index contributed by atoms with van der Waals surface area (Å²) in [6.45, 7) is 12.8. The van der Waals surface area contributed by atoms with Crippen LogP contribution in [0.15, 0.2) is 23.1 Å². The molecular formula is C22H30ClN5O3S. The maximum absolute atomic E-state index is 13.0. The summed E-state index contributed by atoms with van der Waals surface area (Å²) in [6, 6.07) is 3.58. The average molecular weight is 480 g/mol. The lowest BCUT2D eigenvalue weighted by atomic mass is 10.2. The first-order chi connectivity index (χ1) is 15.4. The van der Waals surface area contributed by atoms with Gasteiger partial charge in [-0.1, -0.05) is 31.9 Å². The third-order valence-electron chi connectivity index (χ3n) is 4.49. The van der Waals surface area contributed by atoms with Gasteiger partial charge in [-0.15, -0.1) is 11.3 Å². The molecule has 4 rings (SSSR count). The molecule has 0 spiro atoms. The molecule has 1 N–H and O–H groups in total. The van der Waals surface area contributed by atoms with Crippen LogP contribution in [0.2, 0.25) is 5.15 Å². The number of fused-ring (bicyclic) bond motifs is 1. The van der Waals surface area contributed by atoms with Crippen LogP contribution in [0, 0.1) is 12.8 Å². The molecule has 174 valence electrons. The van der Waals surface area contributed by atoms with Crippen molar-refractivity contribution in [2.45, 2.75) is 59.5 Å². The second-order valence-corrected chi connectivity index (χ2v) is 8.82. The Hall–Kier alpha value is -2.65. The maximum atomic E-state index is 13.0. The van der Waals surface area contributed by atoms with E-state index >= 15 is 0 Å². The van der Waals surface area contributed by atoms with Crippen LogP contribution in [0.1, 0.15) is 56.0 Å². The molecule has 8 nitrogen and oxygen atoms in total. The molecule has 1 fully saturated rings. The Bertz CT molecular complexity index is 1050. The van der Waals surface area contributed by atoms with Gasteiger partial charge in [0.2, 0.25) is 0 Å². The highest BCUT2D eigenvalue weighted by molar-refractivity contribution is 7.11. The summed E-state index contributed by atoms with van der Waals surface area (Å²) in [5, 5.41) is 4.44. The predicted molar refractivity (Wildman–Crippen MR) is 131 cm³/mol. The minimum absolute atomic E-state index is 0.0756. The highest BCUT2D eigenvalue weighted by Crippen LogP contribution is 2.39. The fraction of sp³-hybridized carbons (Fsp3) is 0.455. The van der Waals surface area contributed by atoms with Crippen molar-refractivity contribution in [3.8, 4) is 0 Å². The Kier molecular flexibility index (Phi) is 11.7. The molecule has 3 heterocycles. The standard InChI is InChI=1S/C17H18ClN5OS.C3H8.2CH2O/c1-9-7-19-14(25-9)8-20-15-17(24)23(10(2)11-3-4-11)16-12(21-15)5-6-13(18)22-16;1-3-2;2*1-2/h5-7,10-11H,3-4,8H2,1-2H3,(H,20,21);3H2,1-2H3;2*1H2. The van der Waals surface area contributed by atoms with E-state index in [2.05, 4.69) is 41.0 Å². The first-order valence-electron chi connectivity index (χ1n) is 10.3. The van der Waals surface area contributed by atoms with Gasteiger partial charge in [0.1, 0.15) is 29.3 Å². The van der Waals surface area contributed by atoms with Crippen LogP contribution in [0.5, 0.6) is 0 Å². The number of thiazole rings is 1. The lowest BCUT2D eigenvalue weighted by Gasteiger charge is -2.18. The second-order valence-electron chi connectivity index (χ2n) is 7.12. The maximum Gasteiger partial charge on any atom is 0.295 e. The van der Waals surface area contributed by atoms with Crippen LogP contribution in [0.25, 0.3) is 11.2 Å². The van der Waals surface area contributed by atoms with Crippen LogP contribution in [0.3, 0.4) is 0 Å². The topological polar surface area (TPSA) is 107 Å². The van der Waals surface area contributed by atoms with Gasteiger partial charge in [-0.2, -0.15) is 0 Å². The van der Waals surface area contributed by atoms with E-state index in [1.165, 1.54) is 6.42 Å². The molecule has 3 aromatic heterocycles. The zero-order valence-electron chi connectivity index (χ0n) is 18.9. The average Bonchev–Trinajstić information content (AvgIpc) is 3.57. The first kappa shape index (κ1) is 27.4. The van der Waals surface area contributed by atoms with Crippen molar-refractivity contribution in [2.24, 2.45) is 5.92 Å². The molecule has 0 aromatic carbocycles. The Morgan fingerprint density at radius 3 is 2.38 bits per heavy atom. The van der Waals surface area contributed by atoms with E-state index in [1.807, 2.05) is 26.7 Å². The normalized spacial score (nSPS) is 12.9. The molecule has 1 aliphatic rings.